The number of primary amides is 1. The average molecular weight is 288 g/mol. The van der Waals surface area contributed by atoms with Crippen LogP contribution < -0.4 is 11.1 Å². The Morgan fingerprint density at radius 2 is 2.00 bits per heavy atom. The molecule has 4 N–H and O–H groups in total. The van der Waals surface area contributed by atoms with Crippen molar-refractivity contribution in [2.24, 2.45) is 5.73 Å². The van der Waals surface area contributed by atoms with E-state index in [9.17, 15) is 9.90 Å². The largest absolute Gasteiger partial charge is 0.508 e. The predicted molar refractivity (Wildman–Crippen MR) is 81.8 cm³/mol. The summed E-state index contributed by atoms with van der Waals surface area (Å²) < 4.78 is 0. The number of nitrogens with one attached hydrogen (secondary N) is 1. The van der Waals surface area contributed by atoms with Crippen molar-refractivity contribution in [3.05, 3.63) is 54.1 Å². The molecule has 0 unspecified atom stereocenters. The number of hydrogen-bond donors (Lipinski definition) is 3. The Labute approximate surface area is 122 Å². The number of thioether (sulfide) groups is 1. The van der Waals surface area contributed by atoms with Gasteiger partial charge in [0.15, 0.2) is 0 Å². The molecule has 20 heavy (non-hydrogen) atoms. The second kappa shape index (κ2) is 6.86. The van der Waals surface area contributed by atoms with Crippen molar-refractivity contribution in [2.45, 2.75) is 11.4 Å². The topological polar surface area (TPSA) is 75.4 Å². The molecular formula is C15H16N2O2S. The molecule has 0 saturated carbocycles. The third-order valence-corrected chi connectivity index (χ3v) is 3.75. The first-order valence-electron chi connectivity index (χ1n) is 6.17. The molecule has 0 bridgehead atoms. The van der Waals surface area contributed by atoms with E-state index in [1.54, 1.807) is 18.2 Å². The first-order valence-corrected chi connectivity index (χ1v) is 7.15. The van der Waals surface area contributed by atoms with Crippen LogP contribution in [0.2, 0.25) is 0 Å². The molecule has 104 valence electrons. The van der Waals surface area contributed by atoms with Gasteiger partial charge in [0.1, 0.15) is 5.75 Å². The summed E-state index contributed by atoms with van der Waals surface area (Å²) in [5, 5.41) is 12.7. The van der Waals surface area contributed by atoms with Crippen LogP contribution in [0.4, 0.5) is 5.69 Å². The van der Waals surface area contributed by atoms with E-state index in [4.69, 9.17) is 5.73 Å². The van der Waals surface area contributed by atoms with Crippen LogP contribution in [-0.4, -0.2) is 16.8 Å². The SMILES string of the molecule is NC(=O)CSc1ccccc1NCc1cccc(O)c1. The summed E-state index contributed by atoms with van der Waals surface area (Å²) in [4.78, 5) is 11.8. The van der Waals surface area contributed by atoms with E-state index in [2.05, 4.69) is 5.32 Å². The molecule has 0 radical (unpaired) electrons. The van der Waals surface area contributed by atoms with E-state index in [-0.39, 0.29) is 17.4 Å². The van der Waals surface area contributed by atoms with Crippen LogP contribution in [0.3, 0.4) is 0 Å². The molecule has 0 spiro atoms. The van der Waals surface area contributed by atoms with Crippen molar-refractivity contribution in [2.75, 3.05) is 11.1 Å². The van der Waals surface area contributed by atoms with Gasteiger partial charge in [-0.1, -0.05) is 24.3 Å². The minimum Gasteiger partial charge on any atom is -0.508 e. The summed E-state index contributed by atoms with van der Waals surface area (Å²) in [7, 11) is 0. The first-order chi connectivity index (χ1) is 9.65. The summed E-state index contributed by atoms with van der Waals surface area (Å²) in [6.45, 7) is 0.600. The van der Waals surface area contributed by atoms with Gasteiger partial charge in [0.05, 0.1) is 5.75 Å². The van der Waals surface area contributed by atoms with Crippen molar-refractivity contribution in [3.8, 4) is 5.75 Å². The van der Waals surface area contributed by atoms with Gasteiger partial charge in [0, 0.05) is 17.1 Å². The fraction of sp³-hybridized carbons (Fsp3) is 0.133. The molecule has 2 rings (SSSR count). The Hall–Kier alpha value is -2.14. The van der Waals surface area contributed by atoms with Crippen LogP contribution in [-0.2, 0) is 11.3 Å². The van der Waals surface area contributed by atoms with Gasteiger partial charge in [-0.3, -0.25) is 4.79 Å². The maximum atomic E-state index is 10.9. The average Bonchev–Trinajstić information content (AvgIpc) is 2.44. The van der Waals surface area contributed by atoms with Crippen molar-refractivity contribution in [1.82, 2.24) is 0 Å². The van der Waals surface area contributed by atoms with Gasteiger partial charge in [0.25, 0.3) is 0 Å². The predicted octanol–water partition coefficient (Wildman–Crippen LogP) is 2.58. The summed E-state index contributed by atoms with van der Waals surface area (Å²) in [5.74, 6) is 0.170. The molecule has 0 atom stereocenters. The van der Waals surface area contributed by atoms with Crippen LogP contribution >= 0.6 is 11.8 Å². The Morgan fingerprint density at radius 1 is 1.20 bits per heavy atom. The van der Waals surface area contributed by atoms with Gasteiger partial charge in [-0.2, -0.15) is 0 Å². The first kappa shape index (κ1) is 14.3. The lowest BCUT2D eigenvalue weighted by molar-refractivity contribution is -0.115. The van der Waals surface area contributed by atoms with Gasteiger partial charge >= 0.3 is 0 Å². The van der Waals surface area contributed by atoms with Gasteiger partial charge in [-0.05, 0) is 29.8 Å². The molecule has 0 aliphatic heterocycles. The standard InChI is InChI=1S/C15H16N2O2S/c16-15(19)10-20-14-7-2-1-6-13(14)17-9-11-4-3-5-12(18)8-11/h1-8,17-18H,9-10H2,(H2,16,19). The molecule has 1 amide bonds. The smallest absolute Gasteiger partial charge is 0.227 e. The zero-order valence-electron chi connectivity index (χ0n) is 10.9. The van der Waals surface area contributed by atoms with Crippen LogP contribution in [0, 0.1) is 0 Å². The number of carbonyl (C=O) groups is 1. The Kier molecular flexibility index (Phi) is 4.90. The number of anilines is 1. The molecule has 0 aliphatic carbocycles. The number of rotatable bonds is 6. The van der Waals surface area contributed by atoms with Crippen LogP contribution in [0.15, 0.2) is 53.4 Å². The van der Waals surface area contributed by atoms with E-state index < -0.39 is 0 Å². The molecule has 2 aromatic carbocycles. The molecule has 0 aliphatic rings. The number of aromatic hydroxyl groups is 1. The van der Waals surface area contributed by atoms with Crippen molar-refractivity contribution in [3.63, 3.8) is 0 Å². The Bertz CT molecular complexity index is 602. The zero-order chi connectivity index (χ0) is 14.4. The minimum atomic E-state index is -0.335. The highest BCUT2D eigenvalue weighted by atomic mass is 32.2. The van der Waals surface area contributed by atoms with E-state index in [0.29, 0.717) is 6.54 Å². The number of benzene rings is 2. The minimum absolute atomic E-state index is 0.251. The third kappa shape index (κ3) is 4.20. The summed E-state index contributed by atoms with van der Waals surface area (Å²) >= 11 is 1.41. The number of amides is 1. The highest BCUT2D eigenvalue weighted by Crippen LogP contribution is 2.27. The normalized spacial score (nSPS) is 10.2. The second-order valence-electron chi connectivity index (χ2n) is 4.27. The van der Waals surface area contributed by atoms with E-state index >= 15 is 0 Å². The van der Waals surface area contributed by atoms with Crippen molar-refractivity contribution >= 4 is 23.4 Å². The molecule has 2 aromatic rings. The van der Waals surface area contributed by atoms with Crippen LogP contribution in [0.25, 0.3) is 0 Å². The third-order valence-electron chi connectivity index (χ3n) is 2.65. The van der Waals surface area contributed by atoms with E-state index in [1.807, 2.05) is 30.3 Å². The molecule has 0 aromatic heterocycles. The van der Waals surface area contributed by atoms with E-state index in [1.165, 1.54) is 11.8 Å². The second-order valence-corrected chi connectivity index (χ2v) is 5.29. The monoisotopic (exact) mass is 288 g/mol. The fourth-order valence-electron chi connectivity index (χ4n) is 1.75. The van der Waals surface area contributed by atoms with Gasteiger partial charge in [-0.15, -0.1) is 11.8 Å². The molecular weight excluding hydrogens is 272 g/mol. The molecule has 0 fully saturated rings. The Morgan fingerprint density at radius 3 is 2.75 bits per heavy atom. The summed E-state index contributed by atoms with van der Waals surface area (Å²) in [6.07, 6.45) is 0. The molecule has 0 heterocycles. The van der Waals surface area contributed by atoms with Crippen LogP contribution in [0.5, 0.6) is 5.75 Å². The number of para-hydroxylation sites is 1. The Balaban J connectivity index is 2.03. The highest BCUT2D eigenvalue weighted by molar-refractivity contribution is 8.00. The van der Waals surface area contributed by atoms with Gasteiger partial charge < -0.3 is 16.2 Å². The number of hydrogen-bond acceptors (Lipinski definition) is 4. The molecule has 0 saturated heterocycles. The number of phenolic OH excluding ortho intramolecular Hbond substituents is 1. The molecule has 5 heteroatoms. The molecule has 4 nitrogen and oxygen atoms in total. The van der Waals surface area contributed by atoms with Crippen molar-refractivity contribution < 1.29 is 9.90 Å². The zero-order valence-corrected chi connectivity index (χ0v) is 11.7. The summed E-state index contributed by atoms with van der Waals surface area (Å²) in [6, 6.07) is 14.8. The van der Waals surface area contributed by atoms with Gasteiger partial charge in [-0.25, -0.2) is 0 Å². The van der Waals surface area contributed by atoms with E-state index in [0.717, 1.165) is 16.1 Å². The van der Waals surface area contributed by atoms with Crippen LogP contribution in [0.1, 0.15) is 5.56 Å². The highest BCUT2D eigenvalue weighted by Gasteiger charge is 2.04. The lowest BCUT2D eigenvalue weighted by atomic mass is 10.2. The number of nitrogens with two attached hydrogens (primary N) is 1. The van der Waals surface area contributed by atoms with Gasteiger partial charge in [0.2, 0.25) is 5.91 Å². The number of phenols is 1. The maximum absolute atomic E-state index is 10.9. The maximum Gasteiger partial charge on any atom is 0.227 e. The fourth-order valence-corrected chi connectivity index (χ4v) is 2.52. The van der Waals surface area contributed by atoms with Crippen molar-refractivity contribution in [1.29, 1.82) is 0 Å². The quantitative estimate of drug-likeness (QED) is 0.714. The number of carbonyl (C=O) groups excluding carboxylic acids is 1. The lowest BCUT2D eigenvalue weighted by Crippen LogP contribution is -2.13. The summed E-state index contributed by atoms with van der Waals surface area (Å²) in [5.41, 5.74) is 7.10. The lowest BCUT2D eigenvalue weighted by Gasteiger charge is -2.11.